The lowest BCUT2D eigenvalue weighted by Gasteiger charge is -2.20. The van der Waals surface area contributed by atoms with Crippen molar-refractivity contribution < 1.29 is 0 Å². The van der Waals surface area contributed by atoms with Crippen molar-refractivity contribution in [3.63, 3.8) is 0 Å². The average molecular weight is 243 g/mol. The van der Waals surface area contributed by atoms with Crippen LogP contribution in [-0.2, 0) is 6.54 Å². The van der Waals surface area contributed by atoms with Crippen LogP contribution < -0.4 is 5.32 Å². The monoisotopic (exact) mass is 243 g/mol. The van der Waals surface area contributed by atoms with E-state index in [0.29, 0.717) is 12.0 Å². The number of nitrogens with zero attached hydrogens (tertiary/aromatic N) is 1. The maximum absolute atomic E-state index is 4.24. The first-order valence-electron chi connectivity index (χ1n) is 6.52. The Morgan fingerprint density at radius 1 is 1.22 bits per heavy atom. The highest BCUT2D eigenvalue weighted by Crippen LogP contribution is 2.21. The lowest BCUT2D eigenvalue weighted by atomic mass is 9.97. The number of hydrogen-bond donors (Lipinski definition) is 2. The third-order valence-corrected chi connectivity index (χ3v) is 2.98. The molecule has 3 heteroatoms. The summed E-state index contributed by atoms with van der Waals surface area (Å²) in [6.07, 6.45) is 4.78. The van der Waals surface area contributed by atoms with Gasteiger partial charge in [0, 0.05) is 18.4 Å². The predicted molar refractivity (Wildman–Crippen MR) is 74.1 cm³/mol. The fraction of sp³-hybridized carbons (Fsp3) is 0.400. The summed E-state index contributed by atoms with van der Waals surface area (Å²) in [7, 11) is 0. The molecule has 0 aliphatic rings. The van der Waals surface area contributed by atoms with Gasteiger partial charge in [0.1, 0.15) is 5.82 Å². The zero-order valence-electron chi connectivity index (χ0n) is 11.1. The van der Waals surface area contributed by atoms with Crippen LogP contribution in [0.3, 0.4) is 0 Å². The Morgan fingerprint density at radius 2 is 2.00 bits per heavy atom. The molecule has 0 fully saturated rings. The molecule has 0 aliphatic heterocycles. The first kappa shape index (κ1) is 12.8. The Bertz CT molecular complexity index is 434. The molecule has 1 unspecified atom stereocenters. The summed E-state index contributed by atoms with van der Waals surface area (Å²) < 4.78 is 0. The van der Waals surface area contributed by atoms with Gasteiger partial charge in [0.15, 0.2) is 0 Å². The van der Waals surface area contributed by atoms with Crippen molar-refractivity contribution in [1.82, 2.24) is 15.3 Å². The van der Waals surface area contributed by atoms with Gasteiger partial charge in [0.25, 0.3) is 0 Å². The van der Waals surface area contributed by atoms with Crippen molar-refractivity contribution in [2.45, 2.75) is 32.9 Å². The zero-order valence-corrected chi connectivity index (χ0v) is 11.1. The molecule has 0 amide bonds. The van der Waals surface area contributed by atoms with E-state index in [0.717, 1.165) is 18.8 Å². The van der Waals surface area contributed by atoms with Gasteiger partial charge in [-0.1, -0.05) is 44.2 Å². The van der Waals surface area contributed by atoms with E-state index in [1.54, 1.807) is 6.20 Å². The number of benzene rings is 1. The highest BCUT2D eigenvalue weighted by atomic mass is 15.0. The summed E-state index contributed by atoms with van der Waals surface area (Å²) in [5, 5.41) is 3.58. The van der Waals surface area contributed by atoms with Crippen LogP contribution in [0.2, 0.25) is 0 Å². The Labute approximate surface area is 109 Å². The van der Waals surface area contributed by atoms with Crippen molar-refractivity contribution in [2.75, 3.05) is 0 Å². The third-order valence-electron chi connectivity index (χ3n) is 2.98. The molecular formula is C15H21N3. The molecule has 1 heterocycles. The normalized spacial score (nSPS) is 12.8. The van der Waals surface area contributed by atoms with Crippen molar-refractivity contribution in [3.8, 4) is 0 Å². The van der Waals surface area contributed by atoms with Gasteiger partial charge in [-0.25, -0.2) is 4.98 Å². The molecule has 0 spiro atoms. The molecule has 2 aromatic rings. The van der Waals surface area contributed by atoms with Crippen LogP contribution in [-0.4, -0.2) is 9.97 Å². The number of aromatic nitrogens is 2. The fourth-order valence-electron chi connectivity index (χ4n) is 2.11. The second-order valence-electron chi connectivity index (χ2n) is 5.01. The van der Waals surface area contributed by atoms with Crippen LogP contribution in [0.1, 0.15) is 37.7 Å². The number of hydrogen-bond acceptors (Lipinski definition) is 2. The highest BCUT2D eigenvalue weighted by molar-refractivity contribution is 5.19. The van der Waals surface area contributed by atoms with E-state index in [1.807, 2.05) is 6.20 Å². The maximum atomic E-state index is 4.24. The van der Waals surface area contributed by atoms with Crippen molar-refractivity contribution in [2.24, 2.45) is 5.92 Å². The van der Waals surface area contributed by atoms with Gasteiger partial charge < -0.3 is 10.3 Å². The van der Waals surface area contributed by atoms with E-state index in [1.165, 1.54) is 5.56 Å². The number of nitrogens with one attached hydrogen (secondary N) is 2. The van der Waals surface area contributed by atoms with Crippen molar-refractivity contribution >= 4 is 0 Å². The highest BCUT2D eigenvalue weighted by Gasteiger charge is 2.12. The molecule has 1 atom stereocenters. The summed E-state index contributed by atoms with van der Waals surface area (Å²) in [5.74, 6) is 1.65. The van der Waals surface area contributed by atoms with E-state index in [2.05, 4.69) is 59.5 Å². The van der Waals surface area contributed by atoms with Crippen LogP contribution in [0.5, 0.6) is 0 Å². The molecule has 0 bridgehead atoms. The van der Waals surface area contributed by atoms with E-state index in [4.69, 9.17) is 0 Å². The first-order chi connectivity index (χ1) is 8.75. The standard InChI is InChI=1S/C15H21N3/c1-12(2)10-14(13-6-4-3-5-7-13)18-11-15-16-8-9-17-15/h3-9,12,14,18H,10-11H2,1-2H3,(H,16,17). The summed E-state index contributed by atoms with van der Waals surface area (Å²) in [6, 6.07) is 11.0. The number of H-pyrrole nitrogens is 1. The third kappa shape index (κ3) is 3.70. The minimum absolute atomic E-state index is 0.385. The second kappa shape index (κ2) is 6.36. The van der Waals surface area contributed by atoms with E-state index >= 15 is 0 Å². The molecule has 2 N–H and O–H groups in total. The molecule has 1 aromatic carbocycles. The molecule has 18 heavy (non-hydrogen) atoms. The van der Waals surface area contributed by atoms with E-state index in [-0.39, 0.29) is 0 Å². The summed E-state index contributed by atoms with van der Waals surface area (Å²) in [4.78, 5) is 7.37. The van der Waals surface area contributed by atoms with Crippen LogP contribution in [0.15, 0.2) is 42.7 Å². The van der Waals surface area contributed by atoms with Gasteiger partial charge in [0.05, 0.1) is 6.54 Å². The lowest BCUT2D eigenvalue weighted by Crippen LogP contribution is -2.23. The van der Waals surface area contributed by atoms with Crippen molar-refractivity contribution in [1.29, 1.82) is 0 Å². The Balaban J connectivity index is 2.01. The minimum atomic E-state index is 0.385. The molecule has 1 aromatic heterocycles. The number of imidazole rings is 1. The molecule has 0 aliphatic carbocycles. The molecule has 0 saturated carbocycles. The quantitative estimate of drug-likeness (QED) is 0.817. The first-order valence-corrected chi connectivity index (χ1v) is 6.52. The molecule has 0 radical (unpaired) electrons. The predicted octanol–water partition coefficient (Wildman–Crippen LogP) is 3.29. The van der Waals surface area contributed by atoms with Gasteiger partial charge in [0.2, 0.25) is 0 Å². The lowest BCUT2D eigenvalue weighted by molar-refractivity contribution is 0.425. The minimum Gasteiger partial charge on any atom is -0.348 e. The second-order valence-corrected chi connectivity index (χ2v) is 5.01. The van der Waals surface area contributed by atoms with Crippen LogP contribution in [0.4, 0.5) is 0 Å². The van der Waals surface area contributed by atoms with Crippen LogP contribution >= 0.6 is 0 Å². The van der Waals surface area contributed by atoms with Gasteiger partial charge in [-0.05, 0) is 17.9 Å². The van der Waals surface area contributed by atoms with E-state index < -0.39 is 0 Å². The fourth-order valence-corrected chi connectivity index (χ4v) is 2.11. The molecule has 96 valence electrons. The largest absolute Gasteiger partial charge is 0.348 e. The van der Waals surface area contributed by atoms with Crippen LogP contribution in [0, 0.1) is 5.92 Å². The van der Waals surface area contributed by atoms with Gasteiger partial charge >= 0.3 is 0 Å². The Kier molecular flexibility index (Phi) is 4.53. The van der Waals surface area contributed by atoms with Gasteiger partial charge in [-0.3, -0.25) is 0 Å². The van der Waals surface area contributed by atoms with E-state index in [9.17, 15) is 0 Å². The Morgan fingerprint density at radius 3 is 2.61 bits per heavy atom. The van der Waals surface area contributed by atoms with Crippen LogP contribution in [0.25, 0.3) is 0 Å². The molecule has 2 rings (SSSR count). The number of aromatic amines is 1. The molecular weight excluding hydrogens is 222 g/mol. The Hall–Kier alpha value is -1.61. The summed E-state index contributed by atoms with van der Waals surface area (Å²) in [5.41, 5.74) is 1.35. The molecule has 0 saturated heterocycles. The number of rotatable bonds is 6. The SMILES string of the molecule is CC(C)CC(NCc1ncc[nH]1)c1ccccc1. The summed E-state index contributed by atoms with van der Waals surface area (Å²) >= 11 is 0. The van der Waals surface area contributed by atoms with Gasteiger partial charge in [-0.2, -0.15) is 0 Å². The maximum Gasteiger partial charge on any atom is 0.120 e. The average Bonchev–Trinajstić information content (AvgIpc) is 2.88. The zero-order chi connectivity index (χ0) is 12.8. The topological polar surface area (TPSA) is 40.7 Å². The smallest absolute Gasteiger partial charge is 0.120 e. The van der Waals surface area contributed by atoms with Crippen molar-refractivity contribution in [3.05, 3.63) is 54.1 Å². The summed E-state index contributed by atoms with van der Waals surface area (Å²) in [6.45, 7) is 5.29. The van der Waals surface area contributed by atoms with Gasteiger partial charge in [-0.15, -0.1) is 0 Å². The molecule has 3 nitrogen and oxygen atoms in total.